The summed E-state index contributed by atoms with van der Waals surface area (Å²) in [5.74, 6) is 0.0745. The van der Waals surface area contributed by atoms with Crippen LogP contribution in [-0.4, -0.2) is 24.8 Å². The lowest BCUT2D eigenvalue weighted by Gasteiger charge is -2.22. The third-order valence-corrected chi connectivity index (χ3v) is 6.94. The number of halogens is 1. The maximum Gasteiger partial charge on any atom is 0.252 e. The zero-order valence-electron chi connectivity index (χ0n) is 17.3. The van der Waals surface area contributed by atoms with Crippen LogP contribution in [0.2, 0.25) is 0 Å². The van der Waals surface area contributed by atoms with E-state index in [1.54, 1.807) is 24.3 Å². The van der Waals surface area contributed by atoms with Gasteiger partial charge in [-0.1, -0.05) is 30.3 Å². The number of hydrogen-bond donors (Lipinski definition) is 1. The van der Waals surface area contributed by atoms with Gasteiger partial charge >= 0.3 is 0 Å². The average molecular weight is 453 g/mol. The van der Waals surface area contributed by atoms with Gasteiger partial charge in [-0.25, -0.2) is 12.8 Å². The van der Waals surface area contributed by atoms with E-state index in [0.29, 0.717) is 16.8 Å². The summed E-state index contributed by atoms with van der Waals surface area (Å²) in [6.07, 6.45) is 0. The number of sulfonamides is 1. The van der Waals surface area contributed by atoms with E-state index in [1.165, 1.54) is 23.5 Å². The molecule has 0 atom stereocenters. The van der Waals surface area contributed by atoms with Gasteiger partial charge in [-0.05, 0) is 53.4 Å². The lowest BCUT2D eigenvalue weighted by Crippen LogP contribution is -2.32. The summed E-state index contributed by atoms with van der Waals surface area (Å²) in [5.41, 5.74) is 1.26. The van der Waals surface area contributed by atoms with E-state index >= 15 is 0 Å². The maximum absolute atomic E-state index is 13.4. The molecule has 0 saturated carbocycles. The number of nitrogens with zero attached hydrogens (tertiary/aromatic N) is 1. The highest BCUT2D eigenvalue weighted by molar-refractivity contribution is 7.89. The zero-order chi connectivity index (χ0) is 22.7. The van der Waals surface area contributed by atoms with Crippen LogP contribution in [-0.2, 0) is 23.1 Å². The van der Waals surface area contributed by atoms with Gasteiger partial charge in [0.2, 0.25) is 10.0 Å². The molecule has 4 rings (SSSR count). The van der Waals surface area contributed by atoms with Crippen LogP contribution < -0.4 is 10.3 Å². The van der Waals surface area contributed by atoms with Gasteiger partial charge in [0, 0.05) is 24.7 Å². The summed E-state index contributed by atoms with van der Waals surface area (Å²) in [6.45, 7) is -0.0907. The fourth-order valence-corrected chi connectivity index (χ4v) is 4.83. The second kappa shape index (κ2) is 8.94. The topological polar surface area (TPSA) is 79.5 Å². The second-order valence-electron chi connectivity index (χ2n) is 7.29. The van der Waals surface area contributed by atoms with Crippen LogP contribution in [0.15, 0.2) is 88.6 Å². The van der Waals surface area contributed by atoms with E-state index in [1.807, 2.05) is 30.3 Å². The number of nitrogens with one attached hydrogen (secondary N) is 1. The third-order valence-electron chi connectivity index (χ3n) is 5.13. The number of rotatable bonds is 7. The van der Waals surface area contributed by atoms with Crippen LogP contribution in [0.1, 0.15) is 11.1 Å². The molecule has 0 aliphatic heterocycles. The van der Waals surface area contributed by atoms with E-state index in [0.717, 1.165) is 23.1 Å². The summed E-state index contributed by atoms with van der Waals surface area (Å²) in [7, 11) is -2.46. The van der Waals surface area contributed by atoms with Crippen LogP contribution in [0.25, 0.3) is 10.9 Å². The van der Waals surface area contributed by atoms with E-state index in [9.17, 15) is 17.6 Å². The summed E-state index contributed by atoms with van der Waals surface area (Å²) in [6, 6.07) is 20.7. The molecular weight excluding hydrogens is 431 g/mol. The van der Waals surface area contributed by atoms with Gasteiger partial charge in [0.1, 0.15) is 11.6 Å². The standard InChI is InChI=1S/C24H21FN2O4S/c1-31-21-10-7-18-13-19(24(28)26-23(18)14-21)16-27(15-17-5-3-2-4-6-17)32(29,30)22-11-8-20(25)9-12-22/h2-14H,15-16H2,1H3,(H,26,28). The molecule has 3 aromatic carbocycles. The first-order valence-corrected chi connectivity index (χ1v) is 11.3. The van der Waals surface area contributed by atoms with Crippen LogP contribution in [0.5, 0.6) is 5.75 Å². The van der Waals surface area contributed by atoms with Gasteiger partial charge in [-0.2, -0.15) is 4.31 Å². The molecule has 0 aliphatic rings. The molecule has 0 spiro atoms. The SMILES string of the molecule is COc1ccc2cc(CN(Cc3ccccc3)S(=O)(=O)c3ccc(F)cc3)c(=O)[nH]c2c1. The third kappa shape index (κ3) is 4.56. The predicted molar refractivity (Wildman–Crippen MR) is 120 cm³/mol. The highest BCUT2D eigenvalue weighted by Gasteiger charge is 2.26. The molecule has 4 aromatic rings. The molecule has 1 aromatic heterocycles. The molecule has 0 bridgehead atoms. The molecule has 0 aliphatic carbocycles. The van der Waals surface area contributed by atoms with Crippen molar-refractivity contribution in [3.8, 4) is 5.75 Å². The van der Waals surface area contributed by atoms with Gasteiger partial charge in [0.15, 0.2) is 0 Å². The lowest BCUT2D eigenvalue weighted by atomic mass is 10.1. The van der Waals surface area contributed by atoms with Crippen molar-refractivity contribution in [3.63, 3.8) is 0 Å². The average Bonchev–Trinajstić information content (AvgIpc) is 2.79. The van der Waals surface area contributed by atoms with Gasteiger partial charge < -0.3 is 9.72 Å². The van der Waals surface area contributed by atoms with Crippen molar-refractivity contribution >= 4 is 20.9 Å². The Bertz CT molecular complexity index is 1400. The molecule has 6 nitrogen and oxygen atoms in total. The van der Waals surface area contributed by atoms with Gasteiger partial charge in [0.25, 0.3) is 5.56 Å². The molecule has 0 radical (unpaired) electrons. The normalized spacial score (nSPS) is 11.7. The Hall–Kier alpha value is -3.49. The van der Waals surface area contributed by atoms with Crippen molar-refractivity contribution in [2.24, 2.45) is 0 Å². The van der Waals surface area contributed by atoms with Gasteiger partial charge in [0.05, 0.1) is 17.5 Å². The Kier molecular flexibility index (Phi) is 6.07. The minimum atomic E-state index is -4.00. The Morgan fingerprint density at radius 2 is 1.66 bits per heavy atom. The minimum absolute atomic E-state index is 0.0446. The molecule has 0 unspecified atom stereocenters. The fraction of sp³-hybridized carbons (Fsp3) is 0.125. The first-order valence-electron chi connectivity index (χ1n) is 9.86. The molecule has 32 heavy (non-hydrogen) atoms. The number of aromatic nitrogens is 1. The van der Waals surface area contributed by atoms with Crippen molar-refractivity contribution < 1.29 is 17.5 Å². The van der Waals surface area contributed by atoms with E-state index in [4.69, 9.17) is 4.74 Å². The first kappa shape index (κ1) is 21.7. The van der Waals surface area contributed by atoms with E-state index in [2.05, 4.69) is 4.98 Å². The number of aromatic amines is 1. The van der Waals surface area contributed by atoms with E-state index in [-0.39, 0.29) is 18.0 Å². The zero-order valence-corrected chi connectivity index (χ0v) is 18.1. The van der Waals surface area contributed by atoms with Crippen molar-refractivity contribution in [2.45, 2.75) is 18.0 Å². The van der Waals surface area contributed by atoms with Crippen molar-refractivity contribution in [3.05, 3.63) is 106 Å². The van der Waals surface area contributed by atoms with Crippen molar-refractivity contribution in [2.75, 3.05) is 7.11 Å². The maximum atomic E-state index is 13.4. The largest absolute Gasteiger partial charge is 0.497 e. The molecular formula is C24H21FN2O4S. The molecule has 164 valence electrons. The van der Waals surface area contributed by atoms with Crippen LogP contribution in [0, 0.1) is 5.82 Å². The van der Waals surface area contributed by atoms with Crippen molar-refractivity contribution in [1.29, 1.82) is 0 Å². The summed E-state index contributed by atoms with van der Waals surface area (Å²) >= 11 is 0. The number of pyridine rings is 1. The quantitative estimate of drug-likeness (QED) is 0.459. The number of H-pyrrole nitrogens is 1. The summed E-state index contributed by atoms with van der Waals surface area (Å²) in [5, 5.41) is 0.749. The molecule has 1 heterocycles. The molecule has 0 fully saturated rings. The number of hydrogen-bond acceptors (Lipinski definition) is 4. The monoisotopic (exact) mass is 452 g/mol. The number of methoxy groups -OCH3 is 1. The van der Waals surface area contributed by atoms with Gasteiger partial charge in [-0.15, -0.1) is 0 Å². The van der Waals surface area contributed by atoms with Crippen LogP contribution in [0.3, 0.4) is 0 Å². The number of fused-ring (bicyclic) bond motifs is 1. The Morgan fingerprint density at radius 3 is 2.34 bits per heavy atom. The Labute approximate surface area is 185 Å². The van der Waals surface area contributed by atoms with Crippen molar-refractivity contribution in [1.82, 2.24) is 9.29 Å². The van der Waals surface area contributed by atoms with Gasteiger partial charge in [-0.3, -0.25) is 4.79 Å². The minimum Gasteiger partial charge on any atom is -0.497 e. The lowest BCUT2D eigenvalue weighted by molar-refractivity contribution is 0.399. The summed E-state index contributed by atoms with van der Waals surface area (Å²) < 4.78 is 46.5. The number of ether oxygens (including phenoxy) is 1. The van der Waals surface area contributed by atoms with Crippen LogP contribution >= 0.6 is 0 Å². The smallest absolute Gasteiger partial charge is 0.252 e. The Morgan fingerprint density at radius 1 is 0.938 bits per heavy atom. The number of benzene rings is 3. The first-order chi connectivity index (χ1) is 15.4. The highest BCUT2D eigenvalue weighted by Crippen LogP contribution is 2.23. The second-order valence-corrected chi connectivity index (χ2v) is 9.23. The molecule has 1 N–H and O–H groups in total. The highest BCUT2D eigenvalue weighted by atomic mass is 32.2. The van der Waals surface area contributed by atoms with Crippen LogP contribution in [0.4, 0.5) is 4.39 Å². The molecule has 0 amide bonds. The summed E-state index contributed by atoms with van der Waals surface area (Å²) in [4.78, 5) is 15.5. The Balaban J connectivity index is 1.76. The van der Waals surface area contributed by atoms with E-state index < -0.39 is 21.4 Å². The molecule has 8 heteroatoms. The predicted octanol–water partition coefficient (Wildman–Crippen LogP) is 4.07. The molecule has 0 saturated heterocycles. The fourth-order valence-electron chi connectivity index (χ4n) is 3.43.